The molecule has 29 heavy (non-hydrogen) atoms. The van der Waals surface area contributed by atoms with E-state index in [1.54, 1.807) is 56.4 Å². The zero-order valence-corrected chi connectivity index (χ0v) is 18.5. The number of nitrogens with zero attached hydrogens (tertiary/aromatic N) is 1. The van der Waals surface area contributed by atoms with E-state index in [9.17, 15) is 9.59 Å². The van der Waals surface area contributed by atoms with Crippen molar-refractivity contribution < 1.29 is 14.3 Å². The van der Waals surface area contributed by atoms with E-state index in [-0.39, 0.29) is 24.8 Å². The van der Waals surface area contributed by atoms with E-state index in [2.05, 4.69) is 5.32 Å². The topological polar surface area (TPSA) is 58.6 Å². The van der Waals surface area contributed by atoms with Crippen LogP contribution >= 0.6 is 34.8 Å². The van der Waals surface area contributed by atoms with Crippen LogP contribution in [0.3, 0.4) is 0 Å². The summed E-state index contributed by atoms with van der Waals surface area (Å²) in [6.07, 6.45) is 0.760. The molecule has 0 fully saturated rings. The Morgan fingerprint density at radius 1 is 1.07 bits per heavy atom. The van der Waals surface area contributed by atoms with Gasteiger partial charge in [-0.15, -0.1) is 0 Å². The first-order valence-electron chi connectivity index (χ1n) is 9.15. The first-order valence-corrected chi connectivity index (χ1v) is 10.3. The monoisotopic (exact) mass is 456 g/mol. The summed E-state index contributed by atoms with van der Waals surface area (Å²) in [6.45, 7) is 2.32. The van der Waals surface area contributed by atoms with Gasteiger partial charge in [-0.2, -0.15) is 0 Å². The maximum atomic E-state index is 12.8. The molecule has 1 N–H and O–H groups in total. The zero-order chi connectivity index (χ0) is 21.4. The van der Waals surface area contributed by atoms with E-state index in [0.717, 1.165) is 5.56 Å². The lowest BCUT2D eigenvalue weighted by Gasteiger charge is -2.28. The molecule has 2 amide bonds. The SMILES string of the molecule is CNC(=O)C(C)N(Cc1ccc(Cl)c(Cl)c1)C(=O)CCCOc1ccc(Cl)cc1. The van der Waals surface area contributed by atoms with Crippen molar-refractivity contribution >= 4 is 46.6 Å². The highest BCUT2D eigenvalue weighted by molar-refractivity contribution is 6.42. The van der Waals surface area contributed by atoms with Crippen LogP contribution in [0.2, 0.25) is 15.1 Å². The van der Waals surface area contributed by atoms with Crippen LogP contribution in [0.5, 0.6) is 5.75 Å². The van der Waals surface area contributed by atoms with Crippen LogP contribution in [0, 0.1) is 0 Å². The van der Waals surface area contributed by atoms with Crippen LogP contribution in [0.4, 0.5) is 0 Å². The largest absolute Gasteiger partial charge is 0.494 e. The molecule has 0 aromatic heterocycles. The summed E-state index contributed by atoms with van der Waals surface area (Å²) in [6, 6.07) is 11.6. The Labute approximate surface area is 185 Å². The lowest BCUT2D eigenvalue weighted by atomic mass is 10.1. The fraction of sp³-hybridized carbons (Fsp3) is 0.333. The second-order valence-corrected chi connectivity index (χ2v) is 7.72. The number of benzene rings is 2. The Hall–Kier alpha value is -1.95. The maximum absolute atomic E-state index is 12.8. The number of hydrogen-bond acceptors (Lipinski definition) is 3. The van der Waals surface area contributed by atoms with Gasteiger partial charge in [0, 0.05) is 25.0 Å². The lowest BCUT2D eigenvalue weighted by Crippen LogP contribution is -2.46. The number of likely N-dealkylation sites (N-methyl/N-ethyl adjacent to an activating group) is 1. The van der Waals surface area contributed by atoms with E-state index in [0.29, 0.717) is 33.8 Å². The molecule has 8 heteroatoms. The quantitative estimate of drug-likeness (QED) is 0.541. The highest BCUT2D eigenvalue weighted by Crippen LogP contribution is 2.24. The number of nitrogens with one attached hydrogen (secondary N) is 1. The van der Waals surface area contributed by atoms with Crippen LogP contribution in [0.15, 0.2) is 42.5 Å². The Morgan fingerprint density at radius 3 is 2.38 bits per heavy atom. The molecule has 156 valence electrons. The van der Waals surface area contributed by atoms with E-state index in [4.69, 9.17) is 39.5 Å². The average molecular weight is 458 g/mol. The van der Waals surface area contributed by atoms with E-state index >= 15 is 0 Å². The predicted molar refractivity (Wildman–Crippen MR) is 117 cm³/mol. The molecule has 0 radical (unpaired) electrons. The number of halogens is 3. The van der Waals surface area contributed by atoms with Crippen molar-refractivity contribution in [3.8, 4) is 5.75 Å². The molecule has 1 unspecified atom stereocenters. The minimum atomic E-state index is -0.626. The number of rotatable bonds is 9. The maximum Gasteiger partial charge on any atom is 0.242 e. The summed E-state index contributed by atoms with van der Waals surface area (Å²) < 4.78 is 5.63. The van der Waals surface area contributed by atoms with Gasteiger partial charge in [-0.05, 0) is 55.3 Å². The highest BCUT2D eigenvalue weighted by atomic mass is 35.5. The van der Waals surface area contributed by atoms with Crippen LogP contribution in [-0.4, -0.2) is 36.4 Å². The van der Waals surface area contributed by atoms with Crippen LogP contribution in [0.1, 0.15) is 25.3 Å². The third-order valence-electron chi connectivity index (χ3n) is 4.37. The molecule has 2 aromatic rings. The van der Waals surface area contributed by atoms with Crippen molar-refractivity contribution in [2.24, 2.45) is 0 Å². The van der Waals surface area contributed by atoms with Crippen molar-refractivity contribution in [2.45, 2.75) is 32.4 Å². The summed E-state index contributed by atoms with van der Waals surface area (Å²) in [7, 11) is 1.54. The van der Waals surface area contributed by atoms with Crippen LogP contribution < -0.4 is 10.1 Å². The fourth-order valence-corrected chi connectivity index (χ4v) is 3.16. The predicted octanol–water partition coefficient (Wildman–Crippen LogP) is 4.97. The van der Waals surface area contributed by atoms with E-state index < -0.39 is 6.04 Å². The highest BCUT2D eigenvalue weighted by Gasteiger charge is 2.25. The van der Waals surface area contributed by atoms with E-state index in [1.807, 2.05) is 0 Å². The third kappa shape index (κ3) is 7.11. The average Bonchev–Trinajstić information content (AvgIpc) is 2.72. The first-order chi connectivity index (χ1) is 13.8. The summed E-state index contributed by atoms with van der Waals surface area (Å²) >= 11 is 17.9. The molecule has 0 aliphatic carbocycles. The molecule has 2 aromatic carbocycles. The second kappa shape index (κ2) is 11.3. The number of hydrogen-bond donors (Lipinski definition) is 1. The molecule has 0 saturated carbocycles. The Balaban J connectivity index is 1.98. The minimum absolute atomic E-state index is 0.146. The van der Waals surface area contributed by atoms with Gasteiger partial charge in [-0.3, -0.25) is 9.59 Å². The van der Waals surface area contributed by atoms with Gasteiger partial charge in [0.1, 0.15) is 11.8 Å². The Kier molecular flexibility index (Phi) is 9.08. The van der Waals surface area contributed by atoms with E-state index in [1.165, 1.54) is 4.90 Å². The third-order valence-corrected chi connectivity index (χ3v) is 5.36. The van der Waals surface area contributed by atoms with Gasteiger partial charge in [0.05, 0.1) is 16.7 Å². The van der Waals surface area contributed by atoms with Crippen LogP contribution in [-0.2, 0) is 16.1 Å². The first kappa shape index (κ1) is 23.3. The smallest absolute Gasteiger partial charge is 0.242 e. The molecule has 5 nitrogen and oxygen atoms in total. The summed E-state index contributed by atoms with van der Waals surface area (Å²) in [4.78, 5) is 26.5. The standard InChI is InChI=1S/C21H23Cl3N2O3/c1-14(21(28)25-2)26(13-15-5-10-18(23)19(24)12-15)20(27)4-3-11-29-17-8-6-16(22)7-9-17/h5-10,12,14H,3-4,11,13H2,1-2H3,(H,25,28). The normalized spacial score (nSPS) is 11.6. The molecule has 1 atom stereocenters. The number of amides is 2. The summed E-state index contributed by atoms with van der Waals surface area (Å²) in [5, 5.41) is 4.06. The number of carbonyl (C=O) groups excluding carboxylic acids is 2. The van der Waals surface area contributed by atoms with Gasteiger partial charge >= 0.3 is 0 Å². The van der Waals surface area contributed by atoms with Gasteiger partial charge in [-0.25, -0.2) is 0 Å². The molecule has 0 aliphatic rings. The lowest BCUT2D eigenvalue weighted by molar-refractivity contribution is -0.140. The van der Waals surface area contributed by atoms with Gasteiger partial charge in [0.15, 0.2) is 0 Å². The molecular formula is C21H23Cl3N2O3. The fourth-order valence-electron chi connectivity index (χ4n) is 2.71. The Bertz CT molecular complexity index is 844. The number of ether oxygens (including phenoxy) is 1. The zero-order valence-electron chi connectivity index (χ0n) is 16.3. The summed E-state index contributed by atoms with van der Waals surface area (Å²) in [5.74, 6) is 0.302. The van der Waals surface area contributed by atoms with Gasteiger partial charge in [-0.1, -0.05) is 40.9 Å². The molecule has 0 heterocycles. The van der Waals surface area contributed by atoms with Crippen molar-refractivity contribution in [2.75, 3.05) is 13.7 Å². The van der Waals surface area contributed by atoms with Gasteiger partial charge in [0.2, 0.25) is 11.8 Å². The molecule has 2 rings (SSSR count). The minimum Gasteiger partial charge on any atom is -0.494 e. The van der Waals surface area contributed by atoms with Gasteiger partial charge in [0.25, 0.3) is 0 Å². The van der Waals surface area contributed by atoms with Crippen LogP contribution in [0.25, 0.3) is 0 Å². The summed E-state index contributed by atoms with van der Waals surface area (Å²) in [5.41, 5.74) is 0.793. The van der Waals surface area contributed by atoms with Gasteiger partial charge < -0.3 is 15.0 Å². The number of carbonyl (C=O) groups is 2. The van der Waals surface area contributed by atoms with Crippen molar-refractivity contribution in [1.82, 2.24) is 10.2 Å². The Morgan fingerprint density at radius 2 is 1.76 bits per heavy atom. The molecular weight excluding hydrogens is 435 g/mol. The van der Waals surface area contributed by atoms with Crippen molar-refractivity contribution in [3.63, 3.8) is 0 Å². The molecule has 0 saturated heterocycles. The second-order valence-electron chi connectivity index (χ2n) is 6.47. The van der Waals surface area contributed by atoms with Crippen molar-refractivity contribution in [1.29, 1.82) is 0 Å². The molecule has 0 bridgehead atoms. The molecule has 0 aliphatic heterocycles. The molecule has 0 spiro atoms. The van der Waals surface area contributed by atoms with Crippen molar-refractivity contribution in [3.05, 3.63) is 63.1 Å².